The van der Waals surface area contributed by atoms with Gasteiger partial charge in [-0.3, -0.25) is 0 Å². The van der Waals surface area contributed by atoms with E-state index in [4.69, 9.17) is 0 Å². The summed E-state index contributed by atoms with van der Waals surface area (Å²) in [4.78, 5) is 4.60. The molecule has 8 heavy (non-hydrogen) atoms. The molecule has 48 valence electrons. The minimum absolute atomic E-state index is 0.458. The number of hydrogen-bond donors (Lipinski definition) is 0. The Labute approximate surface area is 48.4 Å². The van der Waals surface area contributed by atoms with Crippen molar-refractivity contribution in [3.8, 4) is 0 Å². The molecule has 3 heteroatoms. The van der Waals surface area contributed by atoms with Crippen molar-refractivity contribution in [1.29, 1.82) is 0 Å². The van der Waals surface area contributed by atoms with E-state index in [0.717, 1.165) is 19.3 Å². The molecule has 1 aliphatic heterocycles. The van der Waals surface area contributed by atoms with Crippen LogP contribution in [0.4, 0.5) is 0 Å². The zero-order valence-electron chi connectivity index (χ0n) is 4.76. The fraction of sp³-hybridized carbons (Fsp3) is 1.00. The van der Waals surface area contributed by atoms with Gasteiger partial charge in [0.15, 0.2) is 6.61 Å². The van der Waals surface area contributed by atoms with E-state index in [1.54, 1.807) is 0 Å². The van der Waals surface area contributed by atoms with E-state index in [0.29, 0.717) is 13.2 Å². The van der Waals surface area contributed by atoms with Gasteiger partial charge >= 0.3 is 0 Å². The highest BCUT2D eigenvalue weighted by Gasteiger charge is 2.06. The van der Waals surface area contributed by atoms with E-state index in [1.807, 2.05) is 0 Å². The van der Waals surface area contributed by atoms with Gasteiger partial charge in [0.05, 0.1) is 0 Å². The molecule has 0 aliphatic carbocycles. The molecule has 1 aliphatic rings. The molecule has 0 radical (unpaired) electrons. The second kappa shape index (κ2) is 3.02. The van der Waals surface area contributed by atoms with Gasteiger partial charge in [0.1, 0.15) is 6.61 Å². The lowest BCUT2D eigenvalue weighted by Gasteiger charge is -2.11. The van der Waals surface area contributed by atoms with Gasteiger partial charge in [0, 0.05) is 6.42 Å². The summed E-state index contributed by atoms with van der Waals surface area (Å²) in [6.07, 6.45) is 3.05. The molecule has 1 saturated heterocycles. The van der Waals surface area contributed by atoms with Crippen LogP contribution in [0.2, 0.25) is 0 Å². The Kier molecular flexibility index (Phi) is 2.27. The molecule has 1 fully saturated rings. The molecule has 1 rings (SSSR count). The van der Waals surface area contributed by atoms with Crippen LogP contribution >= 0.6 is 0 Å². The summed E-state index contributed by atoms with van der Waals surface area (Å²) in [7, 11) is 0. The second-order valence-electron chi connectivity index (χ2n) is 1.89. The highest BCUT2D eigenvalue weighted by atomic mass is 17.6. The van der Waals surface area contributed by atoms with Gasteiger partial charge in [0.2, 0.25) is 0 Å². The van der Waals surface area contributed by atoms with Gasteiger partial charge in [-0.25, -0.2) is 4.67 Å². The van der Waals surface area contributed by atoms with Crippen LogP contribution in [0.5, 0.6) is 0 Å². The average molecular weight is 118 g/mol. The Morgan fingerprint density at radius 3 is 3.00 bits per heavy atom. The summed E-state index contributed by atoms with van der Waals surface area (Å²) < 4.78 is 1.37. The third-order valence-corrected chi connectivity index (χ3v) is 1.17. The predicted molar refractivity (Wildman–Crippen MR) is 25.8 cm³/mol. The summed E-state index contributed by atoms with van der Waals surface area (Å²) in [5, 5.41) is 10.3. The first kappa shape index (κ1) is 6.01. The molecular formula is C5H10O3. The summed E-state index contributed by atoms with van der Waals surface area (Å²) in [5.74, 6) is 0. The van der Waals surface area contributed by atoms with Crippen LogP contribution in [0.1, 0.15) is 19.3 Å². The van der Waals surface area contributed by atoms with Crippen LogP contribution in [0.3, 0.4) is 0 Å². The molecule has 0 unspecified atom stereocenters. The van der Waals surface area contributed by atoms with E-state index in [-0.39, 0.29) is 0 Å². The molecule has 3 nitrogen and oxygen atoms in total. The third kappa shape index (κ3) is 1.78. The van der Waals surface area contributed by atoms with E-state index in [2.05, 4.69) is 4.89 Å². The first-order valence-corrected chi connectivity index (χ1v) is 2.91. The zero-order chi connectivity index (χ0) is 5.82. The molecule has 0 saturated carbocycles. The van der Waals surface area contributed by atoms with Crippen LogP contribution in [0, 0.1) is 0 Å². The first-order valence-electron chi connectivity index (χ1n) is 2.91. The SMILES string of the molecule is [O-][O+]1CCCCCO1. The van der Waals surface area contributed by atoms with Gasteiger partial charge in [-0.15, -0.1) is 4.89 Å². The Bertz CT molecular complexity index is 56.7. The monoisotopic (exact) mass is 118 g/mol. The average Bonchev–Trinajstić information content (AvgIpc) is 1.94. The molecule has 0 N–H and O–H groups in total. The highest BCUT2D eigenvalue weighted by Crippen LogP contribution is 2.05. The Balaban J connectivity index is 2.17. The maximum Gasteiger partial charge on any atom is 0.191 e. The number of hydrogen-bond acceptors (Lipinski definition) is 2. The van der Waals surface area contributed by atoms with Crippen molar-refractivity contribution in [3.05, 3.63) is 0 Å². The maximum absolute atomic E-state index is 10.3. The minimum Gasteiger partial charge on any atom is -0.486 e. The normalized spacial score (nSPS) is 25.1. The molecule has 0 atom stereocenters. The van der Waals surface area contributed by atoms with Crippen LogP contribution < -0.4 is 5.26 Å². The highest BCUT2D eigenvalue weighted by molar-refractivity contribution is 4.40. The Hall–Kier alpha value is -0.120. The van der Waals surface area contributed by atoms with Crippen molar-refractivity contribution in [2.24, 2.45) is 0 Å². The van der Waals surface area contributed by atoms with E-state index in [1.165, 1.54) is 4.67 Å². The van der Waals surface area contributed by atoms with Crippen LogP contribution in [0.25, 0.3) is 0 Å². The van der Waals surface area contributed by atoms with Crippen molar-refractivity contribution >= 4 is 0 Å². The molecule has 0 aromatic heterocycles. The second-order valence-corrected chi connectivity index (χ2v) is 1.89. The van der Waals surface area contributed by atoms with Crippen molar-refractivity contribution in [2.45, 2.75) is 19.3 Å². The van der Waals surface area contributed by atoms with Crippen LogP contribution in [0.15, 0.2) is 0 Å². The maximum atomic E-state index is 10.3. The molecule has 0 amide bonds. The first-order chi connectivity index (χ1) is 3.89. The molecule has 1 heterocycles. The Morgan fingerprint density at radius 1 is 1.25 bits per heavy atom. The minimum atomic E-state index is 0.458. The molecule has 0 spiro atoms. The molecule has 0 bridgehead atoms. The zero-order valence-corrected chi connectivity index (χ0v) is 4.76. The fourth-order valence-corrected chi connectivity index (χ4v) is 0.710. The van der Waals surface area contributed by atoms with Gasteiger partial charge in [-0.05, 0) is 12.8 Å². The van der Waals surface area contributed by atoms with Crippen molar-refractivity contribution in [2.75, 3.05) is 13.2 Å². The Morgan fingerprint density at radius 2 is 2.12 bits per heavy atom. The largest absolute Gasteiger partial charge is 0.486 e. The third-order valence-electron chi connectivity index (χ3n) is 1.17. The van der Waals surface area contributed by atoms with Crippen LogP contribution in [-0.2, 0) is 9.56 Å². The lowest BCUT2D eigenvalue weighted by molar-refractivity contribution is -0.905. The van der Waals surface area contributed by atoms with E-state index in [9.17, 15) is 5.26 Å². The van der Waals surface area contributed by atoms with E-state index >= 15 is 0 Å². The quantitative estimate of drug-likeness (QED) is 0.329. The number of rotatable bonds is 0. The van der Waals surface area contributed by atoms with Crippen molar-refractivity contribution in [3.63, 3.8) is 0 Å². The van der Waals surface area contributed by atoms with Gasteiger partial charge in [-0.1, -0.05) is 0 Å². The molecule has 0 aromatic rings. The predicted octanol–water partition coefficient (Wildman–Crippen LogP) is -0.0705. The van der Waals surface area contributed by atoms with Gasteiger partial charge < -0.3 is 5.26 Å². The lowest BCUT2D eigenvalue weighted by atomic mass is 10.3. The van der Waals surface area contributed by atoms with Crippen molar-refractivity contribution < 1.29 is 14.8 Å². The topological polar surface area (TPSA) is 35.0 Å². The molecular weight excluding hydrogens is 108 g/mol. The lowest BCUT2D eigenvalue weighted by Crippen LogP contribution is -2.26. The van der Waals surface area contributed by atoms with Gasteiger partial charge in [0.25, 0.3) is 0 Å². The van der Waals surface area contributed by atoms with Crippen LogP contribution in [-0.4, -0.2) is 13.2 Å². The summed E-state index contributed by atoms with van der Waals surface area (Å²) in [6.45, 7) is 1.02. The van der Waals surface area contributed by atoms with Crippen molar-refractivity contribution in [1.82, 2.24) is 0 Å². The summed E-state index contributed by atoms with van der Waals surface area (Å²) in [5.41, 5.74) is 0. The summed E-state index contributed by atoms with van der Waals surface area (Å²) in [6, 6.07) is 0. The standard InChI is InChI=1S/C5H10O3/c6-8-5-3-1-2-4-7-8/h1-5H2. The fourth-order valence-electron chi connectivity index (χ4n) is 0.710. The van der Waals surface area contributed by atoms with E-state index < -0.39 is 0 Å². The molecule has 0 aromatic carbocycles. The summed E-state index contributed by atoms with van der Waals surface area (Å²) >= 11 is 0. The van der Waals surface area contributed by atoms with Gasteiger partial charge in [-0.2, -0.15) is 0 Å². The smallest absolute Gasteiger partial charge is 0.191 e.